The van der Waals surface area contributed by atoms with E-state index in [4.69, 9.17) is 23.7 Å². The number of carbonyl (C=O) groups excluding carboxylic acids is 3. The summed E-state index contributed by atoms with van der Waals surface area (Å²) in [6, 6.07) is -1.04. The van der Waals surface area contributed by atoms with Gasteiger partial charge in [-0.1, -0.05) is 27.2 Å². The van der Waals surface area contributed by atoms with E-state index >= 15 is 0 Å². The van der Waals surface area contributed by atoms with E-state index in [1.54, 1.807) is 26.4 Å². The van der Waals surface area contributed by atoms with Crippen molar-refractivity contribution >= 4 is 57.6 Å². The van der Waals surface area contributed by atoms with Crippen molar-refractivity contribution in [3.8, 4) is 0 Å². The van der Waals surface area contributed by atoms with E-state index in [2.05, 4.69) is 111 Å². The second-order valence-corrected chi connectivity index (χ2v) is 33.1. The quantitative estimate of drug-likeness (QED) is 0.120. The number of amides is 6. The molecule has 4 fully saturated rings. The minimum atomic E-state index is -1.25. The molecule has 378 valence electrons. The van der Waals surface area contributed by atoms with Crippen molar-refractivity contribution in [1.82, 2.24) is 31.9 Å². The molecule has 2 bridgehead atoms. The topological polar surface area (TPSA) is 250 Å². The number of fused-ring (bicyclic) bond motifs is 2. The molecule has 67 heavy (non-hydrogen) atoms. The number of hydrogen-bond donors (Lipinski definition) is 10. The summed E-state index contributed by atoms with van der Waals surface area (Å²) in [5.41, 5.74) is 1.75. The molecule has 7 rings (SSSR count). The number of aliphatic hydroxyl groups excluding tert-OH is 4. The molecule has 7 heterocycles. The average molecular weight is 999 g/mol. The summed E-state index contributed by atoms with van der Waals surface area (Å²) >= 11 is 0. The minimum absolute atomic E-state index is 0. The van der Waals surface area contributed by atoms with Crippen LogP contribution in [0.5, 0.6) is 0 Å². The molecule has 0 aromatic carbocycles. The van der Waals surface area contributed by atoms with Gasteiger partial charge in [-0.3, -0.25) is 0 Å². The summed E-state index contributed by atoms with van der Waals surface area (Å²) in [5.74, 6) is 0. The van der Waals surface area contributed by atoms with Crippen molar-refractivity contribution in [2.24, 2.45) is 0 Å². The van der Waals surface area contributed by atoms with Gasteiger partial charge in [-0.15, -0.1) is 39.6 Å². The second kappa shape index (κ2) is 21.8. The maximum Gasteiger partial charge on any atom is 0.323 e. The fourth-order valence-corrected chi connectivity index (χ4v) is 11.5. The van der Waals surface area contributed by atoms with E-state index in [-0.39, 0.29) is 31.6 Å². The van der Waals surface area contributed by atoms with Crippen LogP contribution < -0.4 is 31.9 Å². The van der Waals surface area contributed by atoms with Crippen LogP contribution >= 0.6 is 20.7 Å². The highest BCUT2D eigenvalue weighted by molar-refractivity contribution is 7.72. The summed E-state index contributed by atoms with van der Waals surface area (Å²) < 4.78 is 29.4. The fourth-order valence-electron chi connectivity index (χ4n) is 8.49. The molecule has 4 saturated heterocycles. The third-order valence-corrected chi connectivity index (χ3v) is 16.8. The Hall–Kier alpha value is -3.21. The molecule has 7 aliphatic rings. The van der Waals surface area contributed by atoms with Crippen LogP contribution in [0, 0.1) is 0 Å². The van der Waals surface area contributed by atoms with E-state index in [1.807, 2.05) is 0 Å². The van der Waals surface area contributed by atoms with Crippen molar-refractivity contribution < 1.29 is 58.5 Å². The van der Waals surface area contributed by atoms with E-state index in [0.717, 1.165) is 31.3 Å². The van der Waals surface area contributed by atoms with Gasteiger partial charge in [0.2, 0.25) is 0 Å². The number of carbonyl (C=O) groups is 3. The number of aliphatic hydroxyl groups is 4. The molecule has 0 spiro atoms. The molecule has 6 amide bonds. The Bertz CT molecular complexity index is 2070. The molecule has 0 radical (unpaired) electrons. The first-order valence-electron chi connectivity index (χ1n) is 21.8. The Morgan fingerprint density at radius 2 is 1.12 bits per heavy atom. The number of ether oxygens (including phenoxy) is 5. The first kappa shape index (κ1) is 56.4. The molecule has 0 aliphatic carbocycles. The van der Waals surface area contributed by atoms with Crippen LogP contribution in [-0.2, 0) is 23.7 Å². The zero-order valence-corrected chi connectivity index (χ0v) is 42.3. The van der Waals surface area contributed by atoms with Crippen LogP contribution in [-0.4, -0.2) is 202 Å². The van der Waals surface area contributed by atoms with Gasteiger partial charge in [0.15, 0.2) is 0 Å². The minimum Gasteiger partial charge on any atom is -0.388 e. The van der Waals surface area contributed by atoms with E-state index < -0.39 is 86.8 Å². The molecular formula is C46H77N6O12P3. The number of rotatable bonds is 13. The van der Waals surface area contributed by atoms with Gasteiger partial charge in [0.1, 0.15) is 60.5 Å². The third kappa shape index (κ3) is 13.8. The van der Waals surface area contributed by atoms with Gasteiger partial charge < -0.3 is 76.0 Å². The first-order chi connectivity index (χ1) is 30.5. The van der Waals surface area contributed by atoms with Gasteiger partial charge in [0.05, 0.1) is 18.3 Å². The zero-order valence-electron chi connectivity index (χ0n) is 39.6. The standard InChI is InChI=1S/C15H23N2O4P.2C15H25N2O4P.CH4/c1-9-10(7-16-14(19)17-9)11-12-13(18)15(21-11,8-20-12)5-6-22(2,3)4;1-9-10(8-16-14(20)17-9)12-11(18)13(19)15(2,21-12)6-7-22(3,4)5;1-9-10(8-16-15(19)17-9)13-14(20-2)12(18)11(21-13)6-7-22(3,4)5;/h7,11-13,18H,1-2,5-6,8H2,3-4H3,(H2,16,17,19);8,11-13,18-19H,1,3,6-7H2,2,4-5H3,(H2,16,17,20);8,11-14,18H,1,3,6-7H2,2,4-5H3,(H2,16,17,19);1H4/t11?,12-,13-,15-;11-,12?,13-,15+;11-,12-,13?,14-;/m001./s1. The van der Waals surface area contributed by atoms with E-state index in [1.165, 1.54) is 6.20 Å². The first-order valence-corrected chi connectivity index (χ1v) is 30.9. The Morgan fingerprint density at radius 1 is 0.672 bits per heavy atom. The average Bonchev–Trinajstić information content (AvgIpc) is 3.87. The molecule has 12 atom stereocenters. The molecule has 7 aliphatic heterocycles. The Morgan fingerprint density at radius 3 is 1.57 bits per heavy atom. The number of nitrogens with one attached hydrogen (secondary N) is 6. The fraction of sp³-hybridized carbons (Fsp3) is 0.609. The number of methoxy groups -OCH3 is 1. The van der Waals surface area contributed by atoms with Crippen LogP contribution in [0.25, 0.3) is 0 Å². The zero-order chi connectivity index (χ0) is 49.3. The smallest absolute Gasteiger partial charge is 0.323 e. The molecular weight excluding hydrogens is 921 g/mol. The third-order valence-electron chi connectivity index (χ3n) is 12.5. The number of urea groups is 3. The Kier molecular flexibility index (Phi) is 18.4. The molecule has 18 nitrogen and oxygen atoms in total. The molecule has 0 saturated carbocycles. The van der Waals surface area contributed by atoms with Crippen LogP contribution in [0.3, 0.4) is 0 Å². The van der Waals surface area contributed by atoms with Gasteiger partial charge in [-0.25, -0.2) is 14.4 Å². The van der Waals surface area contributed by atoms with Gasteiger partial charge in [0.25, 0.3) is 0 Å². The lowest BCUT2D eigenvalue weighted by molar-refractivity contribution is -0.132. The number of hydrogen-bond acceptors (Lipinski definition) is 12. The normalized spacial score (nSPS) is 34.8. The van der Waals surface area contributed by atoms with Gasteiger partial charge >= 0.3 is 18.1 Å². The maximum atomic E-state index is 11.3. The molecule has 21 heteroatoms. The maximum absolute atomic E-state index is 11.3. The van der Waals surface area contributed by atoms with Crippen LogP contribution in [0.4, 0.5) is 14.4 Å². The van der Waals surface area contributed by atoms with E-state index in [9.17, 15) is 34.8 Å². The van der Waals surface area contributed by atoms with Crippen molar-refractivity contribution in [2.45, 2.75) is 106 Å². The summed E-state index contributed by atoms with van der Waals surface area (Å²) in [5, 5.41) is 57.2. The molecule has 0 aromatic heterocycles. The van der Waals surface area contributed by atoms with Crippen molar-refractivity contribution in [3.05, 3.63) is 72.1 Å². The Labute approximate surface area is 397 Å². The largest absolute Gasteiger partial charge is 0.388 e. The predicted molar refractivity (Wildman–Crippen MR) is 274 cm³/mol. The van der Waals surface area contributed by atoms with Gasteiger partial charge in [-0.05, 0) is 84.7 Å². The summed E-state index contributed by atoms with van der Waals surface area (Å²) in [7, 11) is 1.54. The lowest BCUT2D eigenvalue weighted by Gasteiger charge is -2.34. The Balaban J connectivity index is 0.000000218. The predicted octanol–water partition coefficient (Wildman–Crippen LogP) is 2.94. The van der Waals surface area contributed by atoms with E-state index in [0.29, 0.717) is 46.8 Å². The lowest BCUT2D eigenvalue weighted by Crippen LogP contribution is -2.44. The SMILES string of the molecule is C.C=C1NC(=O)NC=C1C1O[C@@]2(CCP(=C)(C)C)CO[C@@H]1[C@@H]2O.C=C1NC(=O)NC=C1C1O[C@H](CCP(=C)(C)C)[C@@H](O)[C@H]1OC.C=C1NC(=O)NC=C1C1O[C@](C)(CCP(=C)(C)C)[C@@H](O)[C@H]1O. The summed E-state index contributed by atoms with van der Waals surface area (Å²) in [6.07, 6.45) is 15.7. The highest BCUT2D eigenvalue weighted by Gasteiger charge is 2.62. The monoisotopic (exact) mass is 998 g/mol. The molecule has 10 N–H and O–H groups in total. The van der Waals surface area contributed by atoms with Crippen molar-refractivity contribution in [1.29, 1.82) is 0 Å². The molecule has 0 aromatic rings. The van der Waals surface area contributed by atoms with Crippen molar-refractivity contribution in [2.75, 3.05) is 72.2 Å². The highest BCUT2D eigenvalue weighted by atomic mass is 31.2. The summed E-state index contributed by atoms with van der Waals surface area (Å²) in [4.78, 5) is 33.8. The molecule has 3 unspecified atom stereocenters. The van der Waals surface area contributed by atoms with Gasteiger partial charge in [-0.2, -0.15) is 0 Å². The van der Waals surface area contributed by atoms with Crippen molar-refractivity contribution in [3.63, 3.8) is 0 Å². The summed E-state index contributed by atoms with van der Waals surface area (Å²) in [6.45, 7) is 22.9. The highest BCUT2D eigenvalue weighted by Crippen LogP contribution is 2.49. The van der Waals surface area contributed by atoms with Crippen LogP contribution in [0.2, 0.25) is 0 Å². The van der Waals surface area contributed by atoms with Gasteiger partial charge in [0, 0.05) is 59.5 Å². The van der Waals surface area contributed by atoms with Crippen LogP contribution in [0.1, 0.15) is 33.6 Å². The van der Waals surface area contributed by atoms with Crippen LogP contribution in [0.15, 0.2) is 72.1 Å². The second-order valence-electron chi connectivity index (χ2n) is 20.2. The lowest BCUT2D eigenvalue weighted by atomic mass is 9.92.